The first-order valence-corrected chi connectivity index (χ1v) is 7.65. The fourth-order valence-corrected chi connectivity index (χ4v) is 3.56. The largest absolute Gasteiger partial charge is 0.312 e. The molecule has 0 amide bonds. The van der Waals surface area contributed by atoms with E-state index in [9.17, 15) is 0 Å². The lowest BCUT2D eigenvalue weighted by molar-refractivity contribution is 0.554. The van der Waals surface area contributed by atoms with E-state index in [1.165, 1.54) is 26.1 Å². The lowest BCUT2D eigenvalue weighted by atomic mass is 10.1. The highest BCUT2D eigenvalue weighted by atomic mass is 32.1. The molecule has 1 heterocycles. The Kier molecular flexibility index (Phi) is 4.41. The molecule has 0 saturated heterocycles. The Morgan fingerprint density at radius 3 is 2.72 bits per heavy atom. The Balaban J connectivity index is 2.27. The van der Waals surface area contributed by atoms with Crippen molar-refractivity contribution >= 4 is 21.4 Å². The van der Waals surface area contributed by atoms with Crippen LogP contribution >= 0.6 is 11.3 Å². The summed E-state index contributed by atoms with van der Waals surface area (Å²) in [5, 5.41) is 5.02. The van der Waals surface area contributed by atoms with Crippen LogP contribution in [0.1, 0.15) is 36.8 Å². The molecule has 0 spiro atoms. The highest BCUT2D eigenvalue weighted by molar-refractivity contribution is 7.19. The van der Waals surface area contributed by atoms with Gasteiger partial charge in [0.15, 0.2) is 0 Å². The van der Waals surface area contributed by atoms with Crippen LogP contribution in [0.3, 0.4) is 0 Å². The van der Waals surface area contributed by atoms with Gasteiger partial charge in [-0.3, -0.25) is 0 Å². The van der Waals surface area contributed by atoms with E-state index in [-0.39, 0.29) is 0 Å². The zero-order valence-corrected chi connectivity index (χ0v) is 12.7. The van der Waals surface area contributed by atoms with Gasteiger partial charge in [0.05, 0.1) is 0 Å². The van der Waals surface area contributed by atoms with Gasteiger partial charge in [0, 0.05) is 16.1 Å². The summed E-state index contributed by atoms with van der Waals surface area (Å²) in [5.41, 5.74) is 2.90. The van der Waals surface area contributed by atoms with Gasteiger partial charge in [-0.2, -0.15) is 0 Å². The van der Waals surface area contributed by atoms with Crippen LogP contribution in [-0.2, 0) is 13.0 Å². The molecule has 2 heteroatoms. The number of rotatable bonds is 5. The average molecular weight is 261 g/mol. The van der Waals surface area contributed by atoms with Crippen LogP contribution in [0.5, 0.6) is 0 Å². The third-order valence-electron chi connectivity index (χ3n) is 3.22. The zero-order chi connectivity index (χ0) is 13.1. The third-order valence-corrected chi connectivity index (χ3v) is 4.43. The molecule has 1 N–H and O–H groups in total. The maximum absolute atomic E-state index is 3.56. The molecule has 18 heavy (non-hydrogen) atoms. The number of nitrogens with one attached hydrogen (secondary N) is 1. The van der Waals surface area contributed by atoms with Crippen LogP contribution in [0.2, 0.25) is 0 Å². The number of benzene rings is 1. The van der Waals surface area contributed by atoms with Crippen molar-refractivity contribution in [2.45, 2.75) is 40.7 Å². The van der Waals surface area contributed by atoms with E-state index in [0.717, 1.165) is 19.5 Å². The van der Waals surface area contributed by atoms with Crippen molar-refractivity contribution in [1.29, 1.82) is 0 Å². The molecule has 1 aromatic carbocycles. The molecule has 2 rings (SSSR count). The van der Waals surface area contributed by atoms with Crippen molar-refractivity contribution in [3.63, 3.8) is 0 Å². The normalized spacial score (nSPS) is 11.6. The smallest absolute Gasteiger partial charge is 0.0349 e. The van der Waals surface area contributed by atoms with Crippen LogP contribution in [0.15, 0.2) is 18.2 Å². The Bertz CT molecular complexity index is 525. The lowest BCUT2D eigenvalue weighted by Gasteiger charge is -2.07. The first-order chi connectivity index (χ1) is 8.61. The van der Waals surface area contributed by atoms with Gasteiger partial charge in [0.2, 0.25) is 0 Å². The summed E-state index contributed by atoms with van der Waals surface area (Å²) in [6.45, 7) is 11.0. The van der Waals surface area contributed by atoms with Crippen LogP contribution in [-0.4, -0.2) is 6.54 Å². The molecule has 1 aromatic heterocycles. The summed E-state index contributed by atoms with van der Waals surface area (Å²) >= 11 is 1.95. The van der Waals surface area contributed by atoms with Crippen LogP contribution in [0, 0.1) is 12.8 Å². The Labute approximate surface area is 114 Å². The highest BCUT2D eigenvalue weighted by Gasteiger charge is 2.10. The summed E-state index contributed by atoms with van der Waals surface area (Å²) in [7, 11) is 0. The second-order valence-corrected chi connectivity index (χ2v) is 6.52. The minimum absolute atomic E-state index is 0.715. The summed E-state index contributed by atoms with van der Waals surface area (Å²) in [4.78, 5) is 1.51. The van der Waals surface area contributed by atoms with Crippen LogP contribution in [0.4, 0.5) is 0 Å². The number of hydrogen-bond acceptors (Lipinski definition) is 2. The molecule has 0 aliphatic carbocycles. The fourth-order valence-electron chi connectivity index (χ4n) is 2.32. The van der Waals surface area contributed by atoms with E-state index in [4.69, 9.17) is 0 Å². The monoisotopic (exact) mass is 261 g/mol. The van der Waals surface area contributed by atoms with E-state index < -0.39 is 0 Å². The van der Waals surface area contributed by atoms with Crippen molar-refractivity contribution in [2.75, 3.05) is 6.54 Å². The van der Waals surface area contributed by atoms with Gasteiger partial charge in [-0.25, -0.2) is 0 Å². The molecule has 0 radical (unpaired) electrons. The predicted molar refractivity (Wildman–Crippen MR) is 82.5 cm³/mol. The van der Waals surface area contributed by atoms with Crippen molar-refractivity contribution in [3.8, 4) is 0 Å². The van der Waals surface area contributed by atoms with Gasteiger partial charge in [0.25, 0.3) is 0 Å². The van der Waals surface area contributed by atoms with Gasteiger partial charge < -0.3 is 5.32 Å². The fraction of sp³-hybridized carbons (Fsp3) is 0.500. The first kappa shape index (κ1) is 13.6. The van der Waals surface area contributed by atoms with Crippen LogP contribution < -0.4 is 5.32 Å². The summed E-state index contributed by atoms with van der Waals surface area (Å²) in [6.07, 6.45) is 1.13. The van der Waals surface area contributed by atoms with Gasteiger partial charge in [0.1, 0.15) is 0 Å². The molecular weight excluding hydrogens is 238 g/mol. The first-order valence-electron chi connectivity index (χ1n) is 6.83. The highest BCUT2D eigenvalue weighted by Crippen LogP contribution is 2.32. The Morgan fingerprint density at radius 2 is 2.06 bits per heavy atom. The SMILES string of the molecule is CCc1c(CNCC(C)C)sc2ccc(C)cc12. The van der Waals surface area contributed by atoms with Crippen molar-refractivity contribution in [2.24, 2.45) is 5.92 Å². The quantitative estimate of drug-likeness (QED) is 0.834. The van der Waals surface area contributed by atoms with Crippen LogP contribution in [0.25, 0.3) is 10.1 Å². The number of aryl methyl sites for hydroxylation is 2. The minimum Gasteiger partial charge on any atom is -0.312 e. The van der Waals surface area contributed by atoms with Gasteiger partial charge in [-0.1, -0.05) is 38.5 Å². The molecule has 98 valence electrons. The predicted octanol–water partition coefficient (Wildman–Crippen LogP) is 4.52. The number of thiophene rings is 1. The molecule has 0 saturated carbocycles. The zero-order valence-electron chi connectivity index (χ0n) is 11.8. The minimum atomic E-state index is 0.715. The maximum atomic E-state index is 3.56. The summed E-state index contributed by atoms with van der Waals surface area (Å²) in [6, 6.07) is 6.81. The molecule has 0 bridgehead atoms. The molecule has 0 aliphatic heterocycles. The summed E-state index contributed by atoms with van der Waals surface area (Å²) in [5.74, 6) is 0.715. The second-order valence-electron chi connectivity index (χ2n) is 5.38. The van der Waals surface area contributed by atoms with Gasteiger partial charge >= 0.3 is 0 Å². The number of fused-ring (bicyclic) bond motifs is 1. The average Bonchev–Trinajstić information content (AvgIpc) is 2.65. The molecule has 2 aromatic rings. The molecule has 0 unspecified atom stereocenters. The topological polar surface area (TPSA) is 12.0 Å². The molecule has 0 aliphatic rings. The van der Waals surface area contributed by atoms with E-state index in [1.54, 1.807) is 0 Å². The standard InChI is InChI=1S/C16H23NS/c1-5-13-14-8-12(4)6-7-15(14)18-16(13)10-17-9-11(2)3/h6-8,11,17H,5,9-10H2,1-4H3. The molecule has 1 nitrogen and oxygen atoms in total. The van der Waals surface area contributed by atoms with E-state index in [2.05, 4.69) is 51.2 Å². The molecule has 0 fully saturated rings. The van der Waals surface area contributed by atoms with E-state index in [1.807, 2.05) is 11.3 Å². The van der Waals surface area contributed by atoms with Crippen molar-refractivity contribution < 1.29 is 0 Å². The van der Waals surface area contributed by atoms with Crippen molar-refractivity contribution in [3.05, 3.63) is 34.2 Å². The van der Waals surface area contributed by atoms with E-state index in [0.29, 0.717) is 5.92 Å². The van der Waals surface area contributed by atoms with E-state index >= 15 is 0 Å². The lowest BCUT2D eigenvalue weighted by Crippen LogP contribution is -2.18. The van der Waals surface area contributed by atoms with Gasteiger partial charge in [-0.05, 0) is 42.8 Å². The maximum Gasteiger partial charge on any atom is 0.0349 e. The molecular formula is C16H23NS. The second kappa shape index (κ2) is 5.85. The van der Waals surface area contributed by atoms with Crippen molar-refractivity contribution in [1.82, 2.24) is 5.32 Å². The molecule has 0 atom stereocenters. The van der Waals surface area contributed by atoms with Gasteiger partial charge in [-0.15, -0.1) is 11.3 Å². The summed E-state index contributed by atoms with van der Waals surface area (Å²) < 4.78 is 1.43. The Hall–Kier alpha value is -0.860. The Morgan fingerprint density at radius 1 is 1.28 bits per heavy atom. The number of hydrogen-bond donors (Lipinski definition) is 1. The third kappa shape index (κ3) is 2.93.